The predicted molar refractivity (Wildman–Crippen MR) is 81.4 cm³/mol. The van der Waals surface area contributed by atoms with E-state index in [1.165, 1.54) is 0 Å². The third-order valence-corrected chi connectivity index (χ3v) is 3.93. The minimum atomic E-state index is -1.98. The van der Waals surface area contributed by atoms with Gasteiger partial charge >= 0.3 is 0 Å². The van der Waals surface area contributed by atoms with Gasteiger partial charge in [0.25, 0.3) is 0 Å². The van der Waals surface area contributed by atoms with Gasteiger partial charge in [-0.25, -0.2) is 0 Å². The Balaban J connectivity index is 3.09. The molecule has 0 radical (unpaired) electrons. The van der Waals surface area contributed by atoms with Gasteiger partial charge in [-0.05, 0) is 0 Å². The fourth-order valence-electron chi connectivity index (χ4n) is 2.52. The Bertz CT molecular complexity index is 464. The Morgan fingerprint density at radius 2 is 1.85 bits per heavy atom. The summed E-state index contributed by atoms with van der Waals surface area (Å²) in [5.41, 5.74) is 0. The molecule has 0 saturated carbocycles. The summed E-state index contributed by atoms with van der Waals surface area (Å²) >= 11 is 0. The van der Waals surface area contributed by atoms with Gasteiger partial charge in [0.1, 0.15) is 48.8 Å². The molecule has 1 saturated heterocycles. The molecular weight excluding hydrogens is 358 g/mol. The first-order valence-electron chi connectivity index (χ1n) is 7.83. The van der Waals surface area contributed by atoms with Crippen LogP contribution in [0.5, 0.6) is 0 Å². The summed E-state index contributed by atoms with van der Waals surface area (Å²) < 4.78 is 10.5. The van der Waals surface area contributed by atoms with E-state index in [2.05, 4.69) is 5.32 Å². The van der Waals surface area contributed by atoms with Crippen LogP contribution in [0.1, 0.15) is 6.92 Å². The van der Waals surface area contributed by atoms with Crippen molar-refractivity contribution in [1.29, 1.82) is 0 Å². The summed E-state index contributed by atoms with van der Waals surface area (Å²) in [4.78, 5) is 22.0. The summed E-state index contributed by atoms with van der Waals surface area (Å²) in [5.74, 6) is -0.631. The fourth-order valence-corrected chi connectivity index (χ4v) is 2.52. The molecule has 0 aromatic heterocycles. The lowest BCUT2D eigenvalue weighted by Gasteiger charge is -2.44. The molecule has 1 rings (SSSR count). The smallest absolute Gasteiger partial charge is 0.217 e. The zero-order valence-electron chi connectivity index (χ0n) is 14.0. The van der Waals surface area contributed by atoms with E-state index >= 15 is 0 Å². The Morgan fingerprint density at radius 3 is 2.31 bits per heavy atom. The maximum absolute atomic E-state index is 11.3. The highest BCUT2D eigenvalue weighted by Crippen LogP contribution is 2.25. The van der Waals surface area contributed by atoms with Crippen molar-refractivity contribution < 1.29 is 54.8 Å². The molecule has 1 aliphatic heterocycles. The first-order valence-corrected chi connectivity index (χ1v) is 7.83. The number of aldehydes is 1. The molecule has 0 bridgehead atoms. The first kappa shape index (κ1) is 22.8. The van der Waals surface area contributed by atoms with Crippen molar-refractivity contribution in [3.8, 4) is 0 Å². The summed E-state index contributed by atoms with van der Waals surface area (Å²) in [6, 6.07) is -1.38. The summed E-state index contributed by atoms with van der Waals surface area (Å²) in [6.07, 6.45) is -13.6. The zero-order valence-corrected chi connectivity index (χ0v) is 14.0. The highest BCUT2D eigenvalue weighted by molar-refractivity contribution is 5.73. The number of carbonyl (C=O) groups is 2. The number of nitrogens with one attached hydrogen (secondary N) is 1. The van der Waals surface area contributed by atoms with E-state index in [9.17, 15) is 40.2 Å². The molecule has 0 aliphatic carbocycles. The highest BCUT2D eigenvalue weighted by Gasteiger charge is 2.47. The normalized spacial score (nSPS) is 33.8. The molecule has 0 spiro atoms. The van der Waals surface area contributed by atoms with Crippen LogP contribution in [0.2, 0.25) is 0 Å². The standard InChI is InChI=1S/C14H25NO11/c1-5(19)15-9-12(24)11(23)8(4-18)25-14(9)26-13(7(21)3-17)10(22)6(20)2-16/h2,6-14,17-18,20-24H,3-4H2,1H3,(H,15,19)/t6-,7+,8+,9+,10+,11-,12+,13+,14+/m0/s1. The van der Waals surface area contributed by atoms with Gasteiger partial charge in [0.15, 0.2) is 12.6 Å². The van der Waals surface area contributed by atoms with Crippen LogP contribution in [-0.4, -0.2) is 116 Å². The van der Waals surface area contributed by atoms with E-state index in [1.54, 1.807) is 0 Å². The van der Waals surface area contributed by atoms with Gasteiger partial charge in [-0.15, -0.1) is 0 Å². The quantitative estimate of drug-likeness (QED) is 0.176. The molecule has 0 aromatic rings. The van der Waals surface area contributed by atoms with E-state index in [4.69, 9.17) is 14.6 Å². The molecule has 1 aliphatic rings. The van der Waals surface area contributed by atoms with Crippen LogP contribution in [0.4, 0.5) is 0 Å². The van der Waals surface area contributed by atoms with Crippen LogP contribution in [0, 0.1) is 0 Å². The summed E-state index contributed by atoms with van der Waals surface area (Å²) in [6.45, 7) is -0.531. The van der Waals surface area contributed by atoms with Crippen molar-refractivity contribution in [2.45, 2.75) is 62.0 Å². The lowest BCUT2D eigenvalue weighted by Crippen LogP contribution is -2.66. The lowest BCUT2D eigenvalue weighted by molar-refractivity contribution is -0.301. The van der Waals surface area contributed by atoms with E-state index < -0.39 is 74.2 Å². The third-order valence-electron chi connectivity index (χ3n) is 3.93. The number of carbonyl (C=O) groups excluding carboxylic acids is 2. The van der Waals surface area contributed by atoms with E-state index in [1.807, 2.05) is 0 Å². The van der Waals surface area contributed by atoms with Gasteiger partial charge in [-0.2, -0.15) is 0 Å². The minimum Gasteiger partial charge on any atom is -0.394 e. The van der Waals surface area contributed by atoms with E-state index in [-0.39, 0.29) is 6.29 Å². The van der Waals surface area contributed by atoms with Gasteiger partial charge in [0.05, 0.1) is 13.2 Å². The van der Waals surface area contributed by atoms with Crippen molar-refractivity contribution in [2.24, 2.45) is 0 Å². The lowest BCUT2D eigenvalue weighted by atomic mass is 9.96. The van der Waals surface area contributed by atoms with Crippen LogP contribution in [0.3, 0.4) is 0 Å². The third kappa shape index (κ3) is 5.39. The molecule has 9 atom stereocenters. The van der Waals surface area contributed by atoms with Crippen molar-refractivity contribution in [1.82, 2.24) is 5.32 Å². The molecular formula is C14H25NO11. The minimum absolute atomic E-state index is 0.0206. The fraction of sp³-hybridized carbons (Fsp3) is 0.857. The van der Waals surface area contributed by atoms with Crippen LogP contribution < -0.4 is 5.32 Å². The first-order chi connectivity index (χ1) is 12.2. The Hall–Kier alpha value is -1.22. The zero-order chi connectivity index (χ0) is 20.0. The molecule has 12 nitrogen and oxygen atoms in total. The van der Waals surface area contributed by atoms with E-state index in [0.717, 1.165) is 6.92 Å². The van der Waals surface area contributed by atoms with Crippen molar-refractivity contribution in [3.63, 3.8) is 0 Å². The average Bonchev–Trinajstić information content (AvgIpc) is 2.62. The van der Waals surface area contributed by atoms with Crippen molar-refractivity contribution in [2.75, 3.05) is 13.2 Å². The number of hydrogen-bond donors (Lipinski definition) is 8. The summed E-state index contributed by atoms with van der Waals surface area (Å²) in [7, 11) is 0. The number of ether oxygens (including phenoxy) is 2. The monoisotopic (exact) mass is 383 g/mol. The van der Waals surface area contributed by atoms with Gasteiger partial charge in [-0.1, -0.05) is 0 Å². The predicted octanol–water partition coefficient (Wildman–Crippen LogP) is -5.41. The number of aliphatic hydroxyl groups is 7. The van der Waals surface area contributed by atoms with Crippen LogP contribution in [0.15, 0.2) is 0 Å². The van der Waals surface area contributed by atoms with E-state index in [0.29, 0.717) is 0 Å². The second-order valence-electron chi connectivity index (χ2n) is 5.90. The van der Waals surface area contributed by atoms with Crippen molar-refractivity contribution in [3.05, 3.63) is 0 Å². The van der Waals surface area contributed by atoms with Gasteiger partial charge < -0.3 is 55.3 Å². The SMILES string of the molecule is CC(=O)N[C@H]1[C@@H](O[C@@H]([C@H](O)[C@@H](O)C=O)[C@H](O)CO)O[C@H](CO)[C@H](O)[C@@H]1O. The Labute approximate surface area is 148 Å². The molecule has 1 heterocycles. The molecule has 1 amide bonds. The molecule has 8 N–H and O–H groups in total. The van der Waals surface area contributed by atoms with Gasteiger partial charge in [0.2, 0.25) is 5.91 Å². The van der Waals surface area contributed by atoms with Crippen LogP contribution >= 0.6 is 0 Å². The number of rotatable bonds is 9. The topological polar surface area (TPSA) is 206 Å². The largest absolute Gasteiger partial charge is 0.394 e. The van der Waals surface area contributed by atoms with Crippen molar-refractivity contribution >= 4 is 12.2 Å². The number of hydrogen-bond acceptors (Lipinski definition) is 11. The second kappa shape index (κ2) is 10.2. The molecule has 1 fully saturated rings. The Morgan fingerprint density at radius 1 is 1.23 bits per heavy atom. The van der Waals surface area contributed by atoms with Crippen LogP contribution in [0.25, 0.3) is 0 Å². The summed E-state index contributed by atoms with van der Waals surface area (Å²) in [5, 5.41) is 69.8. The Kier molecular flexibility index (Phi) is 8.95. The van der Waals surface area contributed by atoms with Crippen LogP contribution in [-0.2, 0) is 19.1 Å². The maximum atomic E-state index is 11.3. The second-order valence-corrected chi connectivity index (χ2v) is 5.90. The highest BCUT2D eigenvalue weighted by atomic mass is 16.7. The average molecular weight is 383 g/mol. The maximum Gasteiger partial charge on any atom is 0.217 e. The molecule has 12 heteroatoms. The molecule has 152 valence electrons. The van der Waals surface area contributed by atoms with Gasteiger partial charge in [-0.3, -0.25) is 4.79 Å². The molecule has 0 aromatic carbocycles. The molecule has 26 heavy (non-hydrogen) atoms. The number of aliphatic hydroxyl groups excluding tert-OH is 7. The van der Waals surface area contributed by atoms with Gasteiger partial charge in [0, 0.05) is 6.92 Å². The number of amides is 1. The molecule has 0 unspecified atom stereocenters.